The Morgan fingerprint density at radius 2 is 1.22 bits per heavy atom. The molecule has 0 unspecified atom stereocenters. The Labute approximate surface area is 235 Å². The Balaban J connectivity index is 3.82. The fourth-order valence-corrected chi connectivity index (χ4v) is 22.2. The van der Waals surface area contributed by atoms with Gasteiger partial charge in [-0.1, -0.05) is 0 Å². The van der Waals surface area contributed by atoms with Crippen molar-refractivity contribution in [2.75, 3.05) is 0 Å². The van der Waals surface area contributed by atoms with Crippen LogP contribution in [-0.2, 0) is 11.0 Å². The van der Waals surface area contributed by atoms with Crippen molar-refractivity contribution in [3.05, 3.63) is 22.0 Å². The quantitative estimate of drug-likeness (QED) is 0.176. The summed E-state index contributed by atoms with van der Waals surface area (Å²) in [5.74, 6) is 1.26. The van der Waals surface area contributed by atoms with E-state index in [1.807, 2.05) is 0 Å². The van der Waals surface area contributed by atoms with Crippen LogP contribution in [0.15, 0.2) is 15.3 Å². The molecule has 1 rings (SSSR count). The summed E-state index contributed by atoms with van der Waals surface area (Å²) in [6.45, 7) is 29.7. The second-order valence-corrected chi connectivity index (χ2v) is 36.7. The Morgan fingerprint density at radius 3 is 1.59 bits per heavy atom. The Morgan fingerprint density at radius 1 is 0.784 bits per heavy atom. The average Bonchev–Trinajstić information content (AvgIpc) is 2.77. The molecule has 0 aliphatic heterocycles. The van der Waals surface area contributed by atoms with Crippen LogP contribution < -0.4 is 13.6 Å². The van der Waals surface area contributed by atoms with Gasteiger partial charge >= 0.3 is 237 Å². The number of hydrogen-bond acceptors (Lipinski definition) is 4. The first-order valence-electron chi connectivity index (χ1n) is 14.9. The molecule has 1 aromatic heterocycles. The topological polar surface area (TPSA) is 48.7 Å². The maximum atomic E-state index is 13.9. The van der Waals surface area contributed by atoms with Gasteiger partial charge in [-0.25, -0.2) is 0 Å². The van der Waals surface area contributed by atoms with Crippen LogP contribution in [-0.4, -0.2) is 35.0 Å². The maximum absolute atomic E-state index is 13.9. The van der Waals surface area contributed by atoms with E-state index in [1.54, 1.807) is 6.07 Å². The van der Waals surface area contributed by atoms with Crippen molar-refractivity contribution < 1.29 is 13.3 Å². The van der Waals surface area contributed by atoms with Gasteiger partial charge < -0.3 is 0 Å². The first kappa shape index (κ1) is 35.0. The van der Waals surface area contributed by atoms with Gasteiger partial charge in [0.1, 0.15) is 0 Å². The fraction of sp³-hybridized carbons (Fsp3) is 0.833. The number of unbranched alkanes of at least 4 members (excludes halogenated alkanes) is 3. The van der Waals surface area contributed by atoms with Crippen molar-refractivity contribution in [1.29, 1.82) is 0 Å². The van der Waals surface area contributed by atoms with Gasteiger partial charge in [-0.15, -0.1) is 0 Å². The van der Waals surface area contributed by atoms with E-state index in [9.17, 15) is 4.79 Å². The summed E-state index contributed by atoms with van der Waals surface area (Å²) < 4.78 is 25.0. The standard InChI is InChI=1S/C18H33O4Si2.3C4H9.Sn/c1-17(2,3)23(7,8)21-12-14-11-15(19)16(13-20-14)22-24(9,10)18(4,5)6;3*1-3-4-2;/h11H,12H2,1-10H3;3*1,3-4H2,2H3;. The zero-order chi connectivity index (χ0) is 28.7. The molecule has 0 aliphatic carbocycles. The SMILES string of the molecule is CCC[CH2][Sn]([CH2]CCC)([CH2]CCC)[c]1oc(CO[Si](C)(C)C(C)(C)C)cc(=O)c1O[Si](C)(C)C(C)(C)C. The summed E-state index contributed by atoms with van der Waals surface area (Å²) in [6.07, 6.45) is 7.14. The molecular formula is C30H60O4Si2Sn. The van der Waals surface area contributed by atoms with Gasteiger partial charge in [0, 0.05) is 0 Å². The summed E-state index contributed by atoms with van der Waals surface area (Å²) in [7, 11) is -4.20. The van der Waals surface area contributed by atoms with Crippen molar-refractivity contribution in [2.24, 2.45) is 0 Å². The van der Waals surface area contributed by atoms with Crippen LogP contribution in [0.3, 0.4) is 0 Å². The van der Waals surface area contributed by atoms with Gasteiger partial charge in [0.05, 0.1) is 0 Å². The molecule has 7 heteroatoms. The summed E-state index contributed by atoms with van der Waals surface area (Å²) >= 11 is -3.12. The van der Waals surface area contributed by atoms with Crippen LogP contribution in [0.4, 0.5) is 0 Å². The van der Waals surface area contributed by atoms with Crippen LogP contribution in [0.2, 0.25) is 49.6 Å². The monoisotopic (exact) mass is 660 g/mol. The molecule has 0 radical (unpaired) electrons. The third-order valence-corrected chi connectivity index (χ3v) is 32.7. The van der Waals surface area contributed by atoms with Gasteiger partial charge in [0.25, 0.3) is 0 Å². The molecule has 216 valence electrons. The average molecular weight is 660 g/mol. The van der Waals surface area contributed by atoms with Crippen LogP contribution in [0.25, 0.3) is 0 Å². The molecule has 0 bridgehead atoms. The van der Waals surface area contributed by atoms with Crippen LogP contribution in [0.5, 0.6) is 5.75 Å². The van der Waals surface area contributed by atoms with E-state index in [-0.39, 0.29) is 15.5 Å². The molecule has 0 fully saturated rings. The molecule has 4 nitrogen and oxygen atoms in total. The molecule has 0 aromatic carbocycles. The van der Waals surface area contributed by atoms with Gasteiger partial charge in [-0.05, 0) is 0 Å². The molecular weight excluding hydrogens is 599 g/mol. The molecule has 0 atom stereocenters. The molecule has 37 heavy (non-hydrogen) atoms. The summed E-state index contributed by atoms with van der Waals surface area (Å²) in [5.41, 5.74) is 0.00507. The second kappa shape index (κ2) is 14.0. The minimum absolute atomic E-state index is 0.00507. The van der Waals surface area contributed by atoms with Crippen molar-refractivity contribution in [3.8, 4) is 5.75 Å². The van der Waals surface area contributed by atoms with E-state index in [2.05, 4.69) is 88.5 Å². The molecule has 0 aliphatic rings. The first-order chi connectivity index (χ1) is 16.9. The summed E-state index contributed by atoms with van der Waals surface area (Å²) in [6, 6.07) is 1.68. The summed E-state index contributed by atoms with van der Waals surface area (Å²) in [5, 5.41) is 0.114. The van der Waals surface area contributed by atoms with E-state index in [0.717, 1.165) is 3.78 Å². The zero-order valence-electron chi connectivity index (χ0n) is 26.8. The molecule has 1 heterocycles. The minimum atomic E-state index is -3.12. The molecule has 0 N–H and O–H groups in total. The van der Waals surface area contributed by atoms with Gasteiger partial charge in [0.2, 0.25) is 0 Å². The second-order valence-electron chi connectivity index (χ2n) is 14.2. The Hall–Kier alpha value is -0.0575. The predicted molar refractivity (Wildman–Crippen MR) is 169 cm³/mol. The predicted octanol–water partition coefficient (Wildman–Crippen LogP) is 9.60. The molecule has 0 spiro atoms. The zero-order valence-corrected chi connectivity index (χ0v) is 31.6. The van der Waals surface area contributed by atoms with E-state index < -0.39 is 35.0 Å². The molecule has 0 saturated carbocycles. The van der Waals surface area contributed by atoms with Crippen LogP contribution in [0, 0.1) is 0 Å². The Bertz CT molecular complexity index is 873. The van der Waals surface area contributed by atoms with Crippen molar-refractivity contribution in [1.82, 2.24) is 0 Å². The van der Waals surface area contributed by atoms with Crippen molar-refractivity contribution in [3.63, 3.8) is 0 Å². The molecule has 0 amide bonds. The van der Waals surface area contributed by atoms with E-state index in [1.165, 1.54) is 51.8 Å². The first-order valence-corrected chi connectivity index (χ1v) is 28.2. The molecule has 1 aromatic rings. The third-order valence-electron chi connectivity index (χ3n) is 9.01. The van der Waals surface area contributed by atoms with Crippen molar-refractivity contribution >= 4 is 38.8 Å². The van der Waals surface area contributed by atoms with Gasteiger partial charge in [-0.3, -0.25) is 0 Å². The number of hydrogen-bond donors (Lipinski definition) is 0. The van der Waals surface area contributed by atoms with Gasteiger partial charge in [0.15, 0.2) is 0 Å². The normalized spacial score (nSPS) is 13.8. The fourth-order valence-electron chi connectivity index (χ4n) is 4.18. The number of rotatable bonds is 15. The van der Waals surface area contributed by atoms with Gasteiger partial charge in [-0.2, -0.15) is 0 Å². The van der Waals surface area contributed by atoms with E-state index in [0.29, 0.717) is 18.1 Å². The Kier molecular flexibility index (Phi) is 13.3. The third kappa shape index (κ3) is 9.52. The summed E-state index contributed by atoms with van der Waals surface area (Å²) in [4.78, 5) is 13.9. The van der Waals surface area contributed by atoms with E-state index >= 15 is 0 Å². The van der Waals surface area contributed by atoms with Crippen molar-refractivity contribution in [2.45, 2.75) is 157 Å². The van der Waals surface area contributed by atoms with Crippen LogP contribution in [0.1, 0.15) is 107 Å². The van der Waals surface area contributed by atoms with Crippen LogP contribution >= 0.6 is 0 Å². The van der Waals surface area contributed by atoms with E-state index in [4.69, 9.17) is 13.3 Å². The molecule has 0 saturated heterocycles.